The first-order valence-electron chi connectivity index (χ1n) is 8.47. The normalized spacial score (nSPS) is 10.8. The Morgan fingerprint density at radius 3 is 2.23 bits per heavy atom. The fourth-order valence-electron chi connectivity index (χ4n) is 2.62. The van der Waals surface area contributed by atoms with Crippen molar-refractivity contribution in [3.8, 4) is 0 Å². The van der Waals surface area contributed by atoms with E-state index in [2.05, 4.69) is 0 Å². The molecule has 26 heavy (non-hydrogen) atoms. The first-order chi connectivity index (χ1) is 12.6. The number of carbonyl (C=O) groups excluding carboxylic acids is 1. The molecule has 0 bridgehead atoms. The van der Waals surface area contributed by atoms with E-state index in [4.69, 9.17) is 0 Å². The van der Waals surface area contributed by atoms with Gasteiger partial charge in [0.1, 0.15) is 5.82 Å². The molecule has 2 nitrogen and oxygen atoms in total. The van der Waals surface area contributed by atoms with E-state index >= 15 is 0 Å². The Kier molecular flexibility index (Phi) is 5.59. The molecule has 0 aliphatic rings. The van der Waals surface area contributed by atoms with Crippen molar-refractivity contribution in [2.45, 2.75) is 13.5 Å². The van der Waals surface area contributed by atoms with Crippen molar-refractivity contribution in [2.75, 3.05) is 4.90 Å². The number of hydrogen-bond acceptors (Lipinski definition) is 1. The van der Waals surface area contributed by atoms with Crippen molar-refractivity contribution in [3.05, 3.63) is 107 Å². The maximum Gasteiger partial charge on any atom is 0.251 e. The van der Waals surface area contributed by atoms with Gasteiger partial charge in [0.25, 0.3) is 5.91 Å². The number of rotatable bonds is 5. The van der Waals surface area contributed by atoms with Crippen LogP contribution in [0.15, 0.2) is 84.9 Å². The number of benzene rings is 3. The minimum absolute atomic E-state index is 0.123. The number of anilines is 1. The van der Waals surface area contributed by atoms with E-state index in [1.165, 1.54) is 18.2 Å². The smallest absolute Gasteiger partial charge is 0.251 e. The Morgan fingerprint density at radius 2 is 1.58 bits per heavy atom. The molecular formula is C23H20FNO. The summed E-state index contributed by atoms with van der Waals surface area (Å²) in [6.07, 6.45) is 3.23. The zero-order valence-corrected chi connectivity index (χ0v) is 14.6. The van der Waals surface area contributed by atoms with Gasteiger partial charge in [0.2, 0.25) is 0 Å². The van der Waals surface area contributed by atoms with Crippen LogP contribution in [0.5, 0.6) is 0 Å². The van der Waals surface area contributed by atoms with Gasteiger partial charge in [0.05, 0.1) is 6.54 Å². The lowest BCUT2D eigenvalue weighted by molar-refractivity contribution is -0.114. The fourth-order valence-corrected chi connectivity index (χ4v) is 2.62. The molecule has 3 rings (SSSR count). The monoisotopic (exact) mass is 345 g/mol. The molecule has 0 fully saturated rings. The number of aryl methyl sites for hydroxylation is 1. The molecule has 3 heteroatoms. The number of nitrogens with zero attached hydrogens (tertiary/aromatic N) is 1. The van der Waals surface area contributed by atoms with Gasteiger partial charge in [-0.15, -0.1) is 0 Å². The Labute approximate surface area is 153 Å². The summed E-state index contributed by atoms with van der Waals surface area (Å²) in [5.41, 5.74) is 3.82. The summed E-state index contributed by atoms with van der Waals surface area (Å²) in [5, 5.41) is 0. The summed E-state index contributed by atoms with van der Waals surface area (Å²) >= 11 is 0. The number of carbonyl (C=O) groups is 1. The second kappa shape index (κ2) is 8.26. The lowest BCUT2D eigenvalue weighted by Crippen LogP contribution is -2.28. The lowest BCUT2D eigenvalue weighted by atomic mass is 10.1. The van der Waals surface area contributed by atoms with Crippen LogP contribution in [0.25, 0.3) is 6.08 Å². The van der Waals surface area contributed by atoms with E-state index in [1.807, 2.05) is 61.5 Å². The quantitative estimate of drug-likeness (QED) is 0.569. The minimum atomic E-state index is -0.293. The minimum Gasteiger partial charge on any atom is -0.304 e. The van der Waals surface area contributed by atoms with Crippen LogP contribution in [0, 0.1) is 12.7 Å². The summed E-state index contributed by atoms with van der Waals surface area (Å²) in [7, 11) is 0. The first kappa shape index (κ1) is 17.6. The summed E-state index contributed by atoms with van der Waals surface area (Å²) in [6, 6.07) is 23.8. The molecule has 0 N–H and O–H groups in total. The Bertz CT molecular complexity index is 884. The van der Waals surface area contributed by atoms with E-state index in [1.54, 1.807) is 23.1 Å². The van der Waals surface area contributed by atoms with Crippen LogP contribution in [-0.4, -0.2) is 5.91 Å². The van der Waals surface area contributed by atoms with Crippen LogP contribution in [0.2, 0.25) is 0 Å². The summed E-state index contributed by atoms with van der Waals surface area (Å²) in [4.78, 5) is 14.6. The fraction of sp³-hybridized carbons (Fsp3) is 0.0870. The maximum absolute atomic E-state index is 13.0. The zero-order valence-electron chi connectivity index (χ0n) is 14.6. The van der Waals surface area contributed by atoms with Gasteiger partial charge in [-0.3, -0.25) is 4.79 Å². The Morgan fingerprint density at radius 1 is 0.923 bits per heavy atom. The average molecular weight is 345 g/mol. The van der Waals surface area contributed by atoms with Crippen molar-refractivity contribution in [1.82, 2.24) is 0 Å². The highest BCUT2D eigenvalue weighted by atomic mass is 19.1. The largest absolute Gasteiger partial charge is 0.304 e. The van der Waals surface area contributed by atoms with E-state index in [0.717, 1.165) is 22.4 Å². The molecule has 0 aromatic heterocycles. The molecule has 0 unspecified atom stereocenters. The molecule has 0 atom stereocenters. The van der Waals surface area contributed by atoms with Gasteiger partial charge < -0.3 is 4.90 Å². The van der Waals surface area contributed by atoms with Crippen LogP contribution >= 0.6 is 0 Å². The van der Waals surface area contributed by atoms with E-state index in [-0.39, 0.29) is 11.7 Å². The second-order valence-corrected chi connectivity index (χ2v) is 6.13. The molecule has 0 saturated carbocycles. The van der Waals surface area contributed by atoms with Gasteiger partial charge in [0, 0.05) is 11.8 Å². The lowest BCUT2D eigenvalue weighted by Gasteiger charge is -2.22. The molecule has 0 heterocycles. The van der Waals surface area contributed by atoms with Gasteiger partial charge >= 0.3 is 0 Å². The van der Waals surface area contributed by atoms with Crippen LogP contribution < -0.4 is 4.90 Å². The van der Waals surface area contributed by atoms with Crippen LogP contribution in [0.3, 0.4) is 0 Å². The number of amides is 1. The van der Waals surface area contributed by atoms with Gasteiger partial charge in [-0.1, -0.05) is 60.2 Å². The Hall–Kier alpha value is -3.20. The molecule has 3 aromatic rings. The third-order valence-electron chi connectivity index (χ3n) is 4.08. The molecule has 0 spiro atoms. The van der Waals surface area contributed by atoms with Crippen molar-refractivity contribution in [1.29, 1.82) is 0 Å². The summed E-state index contributed by atoms with van der Waals surface area (Å²) in [6.45, 7) is 2.50. The number of halogens is 1. The SMILES string of the molecule is Cc1ccc(N(Cc2ccccc2)C(=O)/C=C/c2ccc(F)cc2)cc1. The maximum atomic E-state index is 13.0. The zero-order chi connectivity index (χ0) is 18.4. The van der Waals surface area contributed by atoms with Crippen molar-refractivity contribution >= 4 is 17.7 Å². The third kappa shape index (κ3) is 4.67. The van der Waals surface area contributed by atoms with Crippen molar-refractivity contribution < 1.29 is 9.18 Å². The topological polar surface area (TPSA) is 20.3 Å². The first-order valence-corrected chi connectivity index (χ1v) is 8.47. The standard InChI is InChI=1S/C23H20FNO/c1-18-7-14-22(15-8-18)25(17-20-5-3-2-4-6-20)23(26)16-11-19-9-12-21(24)13-10-19/h2-16H,17H2,1H3/b16-11+. The molecule has 3 aromatic carbocycles. The summed E-state index contributed by atoms with van der Waals surface area (Å²) in [5.74, 6) is -0.416. The van der Waals surface area contributed by atoms with Gasteiger partial charge in [-0.25, -0.2) is 4.39 Å². The van der Waals surface area contributed by atoms with Crippen LogP contribution in [0.1, 0.15) is 16.7 Å². The van der Waals surface area contributed by atoms with Crippen molar-refractivity contribution in [3.63, 3.8) is 0 Å². The molecule has 0 saturated heterocycles. The van der Waals surface area contributed by atoms with Crippen LogP contribution in [-0.2, 0) is 11.3 Å². The molecule has 1 amide bonds. The molecular weight excluding hydrogens is 325 g/mol. The van der Waals surface area contributed by atoms with E-state index in [9.17, 15) is 9.18 Å². The highest BCUT2D eigenvalue weighted by Crippen LogP contribution is 2.19. The van der Waals surface area contributed by atoms with Gasteiger partial charge in [-0.05, 0) is 48.4 Å². The average Bonchev–Trinajstić information content (AvgIpc) is 2.67. The molecule has 0 radical (unpaired) electrons. The highest BCUT2D eigenvalue weighted by Gasteiger charge is 2.13. The molecule has 0 aliphatic heterocycles. The molecule has 0 aliphatic carbocycles. The number of hydrogen-bond donors (Lipinski definition) is 0. The predicted molar refractivity (Wildman–Crippen MR) is 104 cm³/mol. The third-order valence-corrected chi connectivity index (χ3v) is 4.08. The van der Waals surface area contributed by atoms with Crippen molar-refractivity contribution in [2.24, 2.45) is 0 Å². The molecule has 130 valence electrons. The second-order valence-electron chi connectivity index (χ2n) is 6.13. The predicted octanol–water partition coefficient (Wildman–Crippen LogP) is 5.38. The van der Waals surface area contributed by atoms with Gasteiger partial charge in [0.15, 0.2) is 0 Å². The summed E-state index contributed by atoms with van der Waals surface area (Å²) < 4.78 is 13.0. The van der Waals surface area contributed by atoms with Gasteiger partial charge in [-0.2, -0.15) is 0 Å². The van der Waals surface area contributed by atoms with E-state index in [0.29, 0.717) is 6.54 Å². The van der Waals surface area contributed by atoms with E-state index < -0.39 is 0 Å². The highest BCUT2D eigenvalue weighted by molar-refractivity contribution is 6.03. The van der Waals surface area contributed by atoms with Crippen LogP contribution in [0.4, 0.5) is 10.1 Å². The Balaban J connectivity index is 1.85.